The summed E-state index contributed by atoms with van der Waals surface area (Å²) in [5.41, 5.74) is 12.8. The van der Waals surface area contributed by atoms with Crippen molar-refractivity contribution in [2.24, 2.45) is 0 Å². The van der Waals surface area contributed by atoms with Gasteiger partial charge in [0.15, 0.2) is 0 Å². The Hall–Kier alpha value is -1.56. The fraction of sp³-hybridized carbons (Fsp3) is 0.571. The van der Waals surface area contributed by atoms with Crippen LogP contribution in [-0.4, -0.2) is 0 Å². The minimum atomic E-state index is 0.212. The SMILES string of the molecule is Cc1c2cc(C(C)(C)C)cc1CCc1cc(C(C)(C)C)cc(c1C)CCCC2. The van der Waals surface area contributed by atoms with Crippen molar-refractivity contribution in [3.05, 3.63) is 68.8 Å². The van der Waals surface area contributed by atoms with Crippen LogP contribution in [0.2, 0.25) is 0 Å². The summed E-state index contributed by atoms with van der Waals surface area (Å²) in [7, 11) is 0. The van der Waals surface area contributed by atoms with E-state index in [2.05, 4.69) is 79.7 Å². The van der Waals surface area contributed by atoms with Gasteiger partial charge in [-0.25, -0.2) is 0 Å². The minimum absolute atomic E-state index is 0.212. The van der Waals surface area contributed by atoms with E-state index in [0.717, 1.165) is 12.8 Å². The van der Waals surface area contributed by atoms with Gasteiger partial charge in [0.1, 0.15) is 0 Å². The van der Waals surface area contributed by atoms with Crippen molar-refractivity contribution in [3.8, 4) is 0 Å². The molecule has 0 amide bonds. The standard InChI is InChI=1S/C28H40/c1-19-21-11-9-10-12-22-16-26(28(6,7)8)18-24(20(22)2)14-13-23(19)17-25(15-21)27(3,4)5/h15-18H,9-14H2,1-8H3. The van der Waals surface area contributed by atoms with Gasteiger partial charge in [-0.2, -0.15) is 0 Å². The summed E-state index contributed by atoms with van der Waals surface area (Å²) < 4.78 is 0. The maximum atomic E-state index is 2.49. The summed E-state index contributed by atoms with van der Waals surface area (Å²) in [4.78, 5) is 0. The molecule has 0 fully saturated rings. The van der Waals surface area contributed by atoms with E-state index in [4.69, 9.17) is 0 Å². The Bertz CT molecular complexity index is 780. The number of hydrogen-bond donors (Lipinski definition) is 0. The maximum absolute atomic E-state index is 2.49. The molecule has 0 N–H and O–H groups in total. The van der Waals surface area contributed by atoms with Crippen LogP contribution in [0.5, 0.6) is 0 Å². The van der Waals surface area contributed by atoms with Gasteiger partial charge < -0.3 is 0 Å². The third kappa shape index (κ3) is 4.53. The van der Waals surface area contributed by atoms with Gasteiger partial charge >= 0.3 is 0 Å². The summed E-state index contributed by atoms with van der Waals surface area (Å²) in [6, 6.07) is 9.97. The highest BCUT2D eigenvalue weighted by atomic mass is 14.3. The topological polar surface area (TPSA) is 0 Å². The highest BCUT2D eigenvalue weighted by Crippen LogP contribution is 2.32. The van der Waals surface area contributed by atoms with Crippen LogP contribution in [0.1, 0.15) is 98.9 Å². The number of rotatable bonds is 0. The molecule has 0 aliphatic heterocycles. The van der Waals surface area contributed by atoms with Crippen molar-refractivity contribution in [1.29, 1.82) is 0 Å². The molecule has 1 aliphatic rings. The first-order chi connectivity index (χ1) is 13.0. The molecule has 0 saturated heterocycles. The second-order valence-corrected chi connectivity index (χ2v) is 11.0. The Morgan fingerprint density at radius 1 is 0.500 bits per heavy atom. The van der Waals surface area contributed by atoms with E-state index in [1.807, 2.05) is 0 Å². The first-order valence-corrected chi connectivity index (χ1v) is 11.2. The van der Waals surface area contributed by atoms with Gasteiger partial charge in [-0.05, 0) is 108 Å². The Kier molecular flexibility index (Phi) is 5.81. The predicted octanol–water partition coefficient (Wildman–Crippen LogP) is 7.56. The Balaban J connectivity index is 2.08. The number of aryl methyl sites for hydroxylation is 4. The summed E-state index contributed by atoms with van der Waals surface area (Å²) in [5, 5.41) is 0. The van der Waals surface area contributed by atoms with Crippen LogP contribution in [-0.2, 0) is 36.5 Å². The zero-order valence-electron chi connectivity index (χ0n) is 19.6. The molecular weight excluding hydrogens is 336 g/mol. The van der Waals surface area contributed by atoms with Crippen LogP contribution in [0.25, 0.3) is 0 Å². The van der Waals surface area contributed by atoms with Gasteiger partial charge in [0, 0.05) is 0 Å². The first kappa shape index (κ1) is 21.2. The Labute approximate surface area is 173 Å². The zero-order valence-corrected chi connectivity index (χ0v) is 19.6. The van der Waals surface area contributed by atoms with Crippen molar-refractivity contribution in [1.82, 2.24) is 0 Å². The number of fused-ring (bicyclic) bond motifs is 4. The van der Waals surface area contributed by atoms with Gasteiger partial charge in [-0.1, -0.05) is 65.8 Å². The van der Waals surface area contributed by atoms with Crippen LogP contribution in [0.3, 0.4) is 0 Å². The Morgan fingerprint density at radius 2 is 0.786 bits per heavy atom. The molecule has 0 nitrogen and oxygen atoms in total. The second kappa shape index (κ2) is 7.69. The lowest BCUT2D eigenvalue weighted by molar-refractivity contribution is 0.584. The smallest absolute Gasteiger partial charge is 0.0132 e. The van der Waals surface area contributed by atoms with E-state index in [0.29, 0.717) is 0 Å². The van der Waals surface area contributed by atoms with Crippen LogP contribution in [0.4, 0.5) is 0 Å². The monoisotopic (exact) mass is 376 g/mol. The molecule has 0 heteroatoms. The zero-order chi connectivity index (χ0) is 20.7. The van der Waals surface area contributed by atoms with E-state index < -0.39 is 0 Å². The normalized spacial score (nSPS) is 15.7. The van der Waals surface area contributed by atoms with Gasteiger partial charge in [0.05, 0.1) is 0 Å². The Morgan fingerprint density at radius 3 is 1.07 bits per heavy atom. The van der Waals surface area contributed by atoms with E-state index in [-0.39, 0.29) is 10.8 Å². The fourth-order valence-corrected chi connectivity index (χ4v) is 4.48. The molecule has 0 saturated carbocycles. The van der Waals surface area contributed by atoms with E-state index >= 15 is 0 Å². The first-order valence-electron chi connectivity index (χ1n) is 11.2. The summed E-state index contributed by atoms with van der Waals surface area (Å²) in [6.45, 7) is 18.8. The van der Waals surface area contributed by atoms with Crippen LogP contribution >= 0.6 is 0 Å². The summed E-state index contributed by atoms with van der Waals surface area (Å²) in [6.07, 6.45) is 7.29. The molecule has 0 aromatic heterocycles. The average Bonchev–Trinajstić information content (AvgIpc) is 2.58. The summed E-state index contributed by atoms with van der Waals surface area (Å²) in [5.74, 6) is 0. The van der Waals surface area contributed by atoms with Gasteiger partial charge in [-0.3, -0.25) is 0 Å². The fourth-order valence-electron chi connectivity index (χ4n) is 4.48. The molecule has 0 unspecified atom stereocenters. The van der Waals surface area contributed by atoms with Crippen LogP contribution in [0, 0.1) is 13.8 Å². The average molecular weight is 377 g/mol. The minimum Gasteiger partial charge on any atom is -0.0561 e. The summed E-state index contributed by atoms with van der Waals surface area (Å²) >= 11 is 0. The van der Waals surface area contributed by atoms with E-state index in [1.54, 1.807) is 33.4 Å². The molecule has 0 heterocycles. The van der Waals surface area contributed by atoms with Crippen LogP contribution in [0.15, 0.2) is 24.3 Å². The number of hydrogen-bond acceptors (Lipinski definition) is 0. The van der Waals surface area contributed by atoms with Crippen molar-refractivity contribution < 1.29 is 0 Å². The van der Waals surface area contributed by atoms with Crippen LogP contribution < -0.4 is 0 Å². The lowest BCUT2D eigenvalue weighted by Gasteiger charge is -2.26. The molecular formula is C28H40. The van der Waals surface area contributed by atoms with Gasteiger partial charge in [0.2, 0.25) is 0 Å². The highest BCUT2D eigenvalue weighted by molar-refractivity contribution is 5.44. The molecule has 0 radical (unpaired) electrons. The quantitative estimate of drug-likeness (QED) is 0.445. The van der Waals surface area contributed by atoms with Crippen molar-refractivity contribution in [2.75, 3.05) is 0 Å². The molecule has 0 atom stereocenters. The molecule has 2 aromatic carbocycles. The molecule has 152 valence electrons. The molecule has 1 aliphatic carbocycles. The van der Waals surface area contributed by atoms with Gasteiger partial charge in [-0.15, -0.1) is 0 Å². The lowest BCUT2D eigenvalue weighted by atomic mass is 9.79. The van der Waals surface area contributed by atoms with Gasteiger partial charge in [0.25, 0.3) is 0 Å². The van der Waals surface area contributed by atoms with E-state index in [9.17, 15) is 0 Å². The molecule has 2 aromatic rings. The second-order valence-electron chi connectivity index (χ2n) is 11.0. The molecule has 28 heavy (non-hydrogen) atoms. The third-order valence-electron chi connectivity index (χ3n) is 6.78. The maximum Gasteiger partial charge on any atom is -0.0132 e. The van der Waals surface area contributed by atoms with Crippen molar-refractivity contribution >= 4 is 0 Å². The van der Waals surface area contributed by atoms with E-state index in [1.165, 1.54) is 36.8 Å². The molecule has 3 rings (SSSR count). The third-order valence-corrected chi connectivity index (χ3v) is 6.78. The highest BCUT2D eigenvalue weighted by Gasteiger charge is 2.20. The molecule has 0 spiro atoms. The predicted molar refractivity (Wildman–Crippen MR) is 124 cm³/mol. The van der Waals surface area contributed by atoms with Crippen molar-refractivity contribution in [2.45, 2.75) is 105 Å². The lowest BCUT2D eigenvalue weighted by Crippen LogP contribution is -2.15. The largest absolute Gasteiger partial charge is 0.0561 e. The molecule has 4 bridgehead atoms. The van der Waals surface area contributed by atoms with Crippen molar-refractivity contribution in [3.63, 3.8) is 0 Å². The number of benzene rings is 2.